The quantitative estimate of drug-likeness (QED) is 0.391. The summed E-state index contributed by atoms with van der Waals surface area (Å²) in [5.74, 6) is 0.800. The smallest absolute Gasteiger partial charge is 0.0688 e. The average Bonchev–Trinajstić information content (AvgIpc) is 2.58. The van der Waals surface area contributed by atoms with Crippen LogP contribution in [-0.2, 0) is 4.74 Å². The Morgan fingerprint density at radius 2 is 2.40 bits per heavy atom. The van der Waals surface area contributed by atoms with Crippen LogP contribution in [0.2, 0.25) is 0 Å². The molecule has 0 aromatic carbocycles. The zero-order chi connectivity index (χ0) is 10.7. The van der Waals surface area contributed by atoms with Crippen LogP contribution >= 0.6 is 0 Å². The maximum absolute atomic E-state index is 8.37. The predicted octanol–water partition coefficient (Wildman–Crippen LogP) is 3.28. The van der Waals surface area contributed by atoms with Crippen molar-refractivity contribution in [3.05, 3.63) is 10.4 Å². The van der Waals surface area contributed by atoms with Gasteiger partial charge in [-0.15, -0.1) is 0 Å². The van der Waals surface area contributed by atoms with E-state index in [0.29, 0.717) is 12.0 Å². The van der Waals surface area contributed by atoms with Crippen LogP contribution in [0.4, 0.5) is 0 Å². The Bertz CT molecular complexity index is 275. The van der Waals surface area contributed by atoms with Gasteiger partial charge in [-0.2, -0.15) is 0 Å². The van der Waals surface area contributed by atoms with E-state index >= 15 is 0 Å². The van der Waals surface area contributed by atoms with Crippen LogP contribution in [-0.4, -0.2) is 19.3 Å². The molecule has 2 fully saturated rings. The summed E-state index contributed by atoms with van der Waals surface area (Å²) in [5, 5.41) is 3.68. The third kappa shape index (κ3) is 2.11. The topological polar surface area (TPSA) is 58.0 Å². The van der Waals surface area contributed by atoms with E-state index in [4.69, 9.17) is 10.3 Å². The molecule has 3 atom stereocenters. The first-order valence-corrected chi connectivity index (χ1v) is 5.89. The molecule has 1 aliphatic carbocycles. The standard InChI is InChI=1S/C11H19N3O/c1-9-3-2-4-11(7-9)5-6-15-10(11)8-13-14-12/h9-10H,2-8H2,1H3. The molecule has 4 nitrogen and oxygen atoms in total. The predicted molar refractivity (Wildman–Crippen MR) is 58.4 cm³/mol. The maximum Gasteiger partial charge on any atom is 0.0688 e. The fourth-order valence-electron chi connectivity index (χ4n) is 3.32. The minimum absolute atomic E-state index is 0.177. The summed E-state index contributed by atoms with van der Waals surface area (Å²) in [4.78, 5) is 2.84. The number of nitrogens with zero attached hydrogens (tertiary/aromatic N) is 3. The Morgan fingerprint density at radius 1 is 1.53 bits per heavy atom. The second-order valence-corrected chi connectivity index (χ2v) is 5.09. The van der Waals surface area contributed by atoms with Crippen LogP contribution in [0, 0.1) is 11.3 Å². The van der Waals surface area contributed by atoms with Gasteiger partial charge < -0.3 is 4.74 Å². The zero-order valence-electron chi connectivity index (χ0n) is 9.35. The van der Waals surface area contributed by atoms with Crippen LogP contribution in [0.1, 0.15) is 39.0 Å². The van der Waals surface area contributed by atoms with Crippen LogP contribution in [0.3, 0.4) is 0 Å². The molecule has 0 bridgehead atoms. The second-order valence-electron chi connectivity index (χ2n) is 5.09. The summed E-state index contributed by atoms with van der Waals surface area (Å²) >= 11 is 0. The van der Waals surface area contributed by atoms with Gasteiger partial charge in [0.15, 0.2) is 0 Å². The molecule has 4 heteroatoms. The van der Waals surface area contributed by atoms with Crippen LogP contribution in [0.25, 0.3) is 10.4 Å². The molecule has 1 saturated heterocycles. The molecule has 84 valence electrons. The highest BCUT2D eigenvalue weighted by molar-refractivity contribution is 4.96. The van der Waals surface area contributed by atoms with Gasteiger partial charge in [0.25, 0.3) is 0 Å². The number of azide groups is 1. The van der Waals surface area contributed by atoms with E-state index < -0.39 is 0 Å². The van der Waals surface area contributed by atoms with Crippen LogP contribution < -0.4 is 0 Å². The molecule has 1 heterocycles. The Balaban J connectivity index is 2.06. The third-order valence-electron chi connectivity index (χ3n) is 4.04. The minimum Gasteiger partial charge on any atom is -0.377 e. The molecular formula is C11H19N3O. The second kappa shape index (κ2) is 4.42. The molecule has 1 aliphatic heterocycles. The highest BCUT2D eigenvalue weighted by atomic mass is 16.5. The van der Waals surface area contributed by atoms with Gasteiger partial charge in [0.1, 0.15) is 0 Å². The maximum atomic E-state index is 8.37. The fraction of sp³-hybridized carbons (Fsp3) is 1.00. The van der Waals surface area contributed by atoms with Crippen molar-refractivity contribution in [3.8, 4) is 0 Å². The lowest BCUT2D eigenvalue weighted by molar-refractivity contribution is 0.0229. The number of rotatable bonds is 2. The molecule has 2 aliphatic rings. The van der Waals surface area contributed by atoms with E-state index in [-0.39, 0.29) is 6.10 Å². The first kappa shape index (κ1) is 10.8. The van der Waals surface area contributed by atoms with Gasteiger partial charge in [0.05, 0.1) is 12.6 Å². The molecule has 0 aromatic rings. The molecule has 0 N–H and O–H groups in total. The van der Waals surface area contributed by atoms with Crippen molar-refractivity contribution in [1.82, 2.24) is 0 Å². The van der Waals surface area contributed by atoms with Crippen molar-refractivity contribution < 1.29 is 4.74 Å². The summed E-state index contributed by atoms with van der Waals surface area (Å²) in [6, 6.07) is 0. The van der Waals surface area contributed by atoms with E-state index in [2.05, 4.69) is 16.9 Å². The lowest BCUT2D eigenvalue weighted by atomic mass is 9.66. The summed E-state index contributed by atoms with van der Waals surface area (Å²) in [7, 11) is 0. The summed E-state index contributed by atoms with van der Waals surface area (Å²) in [6.45, 7) is 3.69. The number of ether oxygens (including phenoxy) is 1. The van der Waals surface area contributed by atoms with Crippen molar-refractivity contribution in [3.63, 3.8) is 0 Å². The van der Waals surface area contributed by atoms with Gasteiger partial charge in [-0.1, -0.05) is 24.9 Å². The number of hydrogen-bond donors (Lipinski definition) is 0. The summed E-state index contributed by atoms with van der Waals surface area (Å²) < 4.78 is 5.73. The minimum atomic E-state index is 0.177. The molecule has 1 saturated carbocycles. The number of hydrogen-bond acceptors (Lipinski definition) is 2. The molecule has 1 spiro atoms. The fourth-order valence-corrected chi connectivity index (χ4v) is 3.32. The molecule has 0 aromatic heterocycles. The van der Waals surface area contributed by atoms with E-state index in [0.717, 1.165) is 18.9 Å². The van der Waals surface area contributed by atoms with E-state index in [9.17, 15) is 0 Å². The lowest BCUT2D eigenvalue weighted by Crippen LogP contribution is -2.37. The summed E-state index contributed by atoms with van der Waals surface area (Å²) in [6.07, 6.45) is 6.48. The van der Waals surface area contributed by atoms with Crippen molar-refractivity contribution in [2.24, 2.45) is 16.4 Å². The highest BCUT2D eigenvalue weighted by Gasteiger charge is 2.45. The van der Waals surface area contributed by atoms with Crippen molar-refractivity contribution in [2.75, 3.05) is 13.2 Å². The molecule has 2 rings (SSSR count). The Kier molecular flexibility index (Phi) is 3.17. The van der Waals surface area contributed by atoms with Crippen molar-refractivity contribution in [2.45, 2.75) is 45.1 Å². The van der Waals surface area contributed by atoms with Crippen LogP contribution in [0.15, 0.2) is 5.11 Å². The first-order valence-electron chi connectivity index (χ1n) is 5.89. The summed E-state index contributed by atoms with van der Waals surface area (Å²) in [5.41, 5.74) is 8.69. The SMILES string of the molecule is CC1CCCC2(CCOC2CN=[N+]=[N-])C1. The van der Waals surface area contributed by atoms with E-state index in [1.165, 1.54) is 25.7 Å². The normalized spacial score (nSPS) is 40.3. The lowest BCUT2D eigenvalue weighted by Gasteiger charge is -2.39. The Labute approximate surface area is 90.6 Å². The van der Waals surface area contributed by atoms with Crippen molar-refractivity contribution in [1.29, 1.82) is 0 Å². The average molecular weight is 209 g/mol. The highest BCUT2D eigenvalue weighted by Crippen LogP contribution is 2.48. The van der Waals surface area contributed by atoms with Gasteiger partial charge in [0.2, 0.25) is 0 Å². The molecule has 3 unspecified atom stereocenters. The van der Waals surface area contributed by atoms with E-state index in [1.807, 2.05) is 0 Å². The zero-order valence-corrected chi connectivity index (χ0v) is 9.35. The molecule has 15 heavy (non-hydrogen) atoms. The van der Waals surface area contributed by atoms with E-state index in [1.54, 1.807) is 0 Å². The van der Waals surface area contributed by atoms with Crippen molar-refractivity contribution >= 4 is 0 Å². The van der Waals surface area contributed by atoms with Gasteiger partial charge in [-0.05, 0) is 36.1 Å². The first-order chi connectivity index (χ1) is 7.27. The van der Waals surface area contributed by atoms with Gasteiger partial charge in [-0.25, -0.2) is 0 Å². The van der Waals surface area contributed by atoms with Gasteiger partial charge in [-0.3, -0.25) is 0 Å². The largest absolute Gasteiger partial charge is 0.377 e. The molecular weight excluding hydrogens is 190 g/mol. The molecule has 0 amide bonds. The monoisotopic (exact) mass is 209 g/mol. The third-order valence-corrected chi connectivity index (χ3v) is 4.04. The Hall–Kier alpha value is -0.730. The van der Waals surface area contributed by atoms with Gasteiger partial charge >= 0.3 is 0 Å². The Morgan fingerprint density at radius 3 is 3.13 bits per heavy atom. The van der Waals surface area contributed by atoms with Gasteiger partial charge in [0, 0.05) is 11.5 Å². The van der Waals surface area contributed by atoms with Crippen LogP contribution in [0.5, 0.6) is 0 Å². The molecule has 0 radical (unpaired) electrons.